The fourth-order valence-corrected chi connectivity index (χ4v) is 2.13. The van der Waals surface area contributed by atoms with Crippen LogP contribution in [0.4, 0.5) is 0 Å². The molecule has 0 radical (unpaired) electrons. The fraction of sp³-hybridized carbons (Fsp3) is 0.333. The summed E-state index contributed by atoms with van der Waals surface area (Å²) in [5, 5.41) is 13.4. The predicted molar refractivity (Wildman–Crippen MR) is 58.4 cm³/mol. The topological polar surface area (TPSA) is 68.4 Å². The van der Waals surface area contributed by atoms with Gasteiger partial charge in [0.1, 0.15) is 5.75 Å². The predicted octanol–water partition coefficient (Wildman–Crippen LogP) is 1.63. The normalized spacial score (nSPS) is 18.1. The first-order valence-corrected chi connectivity index (χ1v) is 5.52. The molecule has 1 aromatic heterocycles. The van der Waals surface area contributed by atoms with Gasteiger partial charge in [0.2, 0.25) is 12.2 Å². The molecule has 1 atom stereocenters. The van der Waals surface area contributed by atoms with Crippen LogP contribution in [-0.4, -0.2) is 15.2 Å². The number of hydrogen-bond donors (Lipinski definition) is 1. The number of rotatable bonds is 3. The Hall–Kier alpha value is -1.88. The molecular weight excluding hydrogens is 220 g/mol. The van der Waals surface area contributed by atoms with Crippen LogP contribution in [0, 0.1) is 0 Å². The number of fused-ring (bicyclic) bond motifs is 1. The van der Waals surface area contributed by atoms with E-state index in [4.69, 9.17) is 4.74 Å². The third-order valence-electron chi connectivity index (χ3n) is 2.96. The first-order valence-electron chi connectivity index (χ1n) is 5.52. The SMILES string of the molecule is OC1CCc2c(OCc3ncon3)cccc21. The molecular formula is C12H12N2O3. The number of hydrogen-bond acceptors (Lipinski definition) is 5. The molecule has 0 fully saturated rings. The Morgan fingerprint density at radius 1 is 1.47 bits per heavy atom. The highest BCUT2D eigenvalue weighted by Gasteiger charge is 2.23. The van der Waals surface area contributed by atoms with Crippen molar-refractivity contribution in [1.82, 2.24) is 10.1 Å². The van der Waals surface area contributed by atoms with Gasteiger partial charge in [0.25, 0.3) is 0 Å². The van der Waals surface area contributed by atoms with Gasteiger partial charge in [-0.3, -0.25) is 0 Å². The van der Waals surface area contributed by atoms with Crippen LogP contribution in [0.2, 0.25) is 0 Å². The lowest BCUT2D eigenvalue weighted by atomic mass is 10.1. The quantitative estimate of drug-likeness (QED) is 0.871. The number of benzene rings is 1. The molecule has 0 bridgehead atoms. The maximum absolute atomic E-state index is 9.76. The molecule has 1 heterocycles. The van der Waals surface area contributed by atoms with Gasteiger partial charge < -0.3 is 14.4 Å². The molecule has 1 aliphatic carbocycles. The molecule has 0 saturated carbocycles. The van der Waals surface area contributed by atoms with Crippen molar-refractivity contribution in [1.29, 1.82) is 0 Å². The minimum atomic E-state index is -0.362. The van der Waals surface area contributed by atoms with Crippen molar-refractivity contribution in [2.24, 2.45) is 0 Å². The van der Waals surface area contributed by atoms with Crippen LogP contribution in [0.5, 0.6) is 5.75 Å². The van der Waals surface area contributed by atoms with Gasteiger partial charge >= 0.3 is 0 Å². The van der Waals surface area contributed by atoms with E-state index in [9.17, 15) is 5.11 Å². The van der Waals surface area contributed by atoms with E-state index in [0.717, 1.165) is 29.7 Å². The largest absolute Gasteiger partial charge is 0.485 e. The van der Waals surface area contributed by atoms with Crippen LogP contribution in [-0.2, 0) is 13.0 Å². The molecule has 1 aromatic carbocycles. The molecule has 0 amide bonds. The smallest absolute Gasteiger partial charge is 0.213 e. The van der Waals surface area contributed by atoms with E-state index >= 15 is 0 Å². The summed E-state index contributed by atoms with van der Waals surface area (Å²) in [5.41, 5.74) is 2.05. The van der Waals surface area contributed by atoms with Gasteiger partial charge in [-0.15, -0.1) is 0 Å². The molecule has 0 aliphatic heterocycles. The van der Waals surface area contributed by atoms with Crippen molar-refractivity contribution in [2.75, 3.05) is 0 Å². The maximum Gasteiger partial charge on any atom is 0.213 e. The first-order chi connectivity index (χ1) is 8.34. The average Bonchev–Trinajstić information content (AvgIpc) is 2.97. The summed E-state index contributed by atoms with van der Waals surface area (Å²) in [7, 11) is 0. The standard InChI is InChI=1S/C12H12N2O3/c15-10-5-4-9-8(10)2-1-3-11(9)16-6-12-13-7-17-14-12/h1-3,7,10,15H,4-6H2. The van der Waals surface area contributed by atoms with Crippen molar-refractivity contribution in [3.05, 3.63) is 41.5 Å². The van der Waals surface area contributed by atoms with Crippen LogP contribution >= 0.6 is 0 Å². The van der Waals surface area contributed by atoms with Gasteiger partial charge in [-0.25, -0.2) is 0 Å². The van der Waals surface area contributed by atoms with Crippen LogP contribution in [0.15, 0.2) is 29.1 Å². The molecule has 1 N–H and O–H groups in total. The highest BCUT2D eigenvalue weighted by atomic mass is 16.5. The van der Waals surface area contributed by atoms with E-state index in [1.54, 1.807) is 0 Å². The van der Waals surface area contributed by atoms with E-state index < -0.39 is 0 Å². The van der Waals surface area contributed by atoms with E-state index in [-0.39, 0.29) is 12.7 Å². The van der Waals surface area contributed by atoms with Gasteiger partial charge in [0, 0.05) is 5.56 Å². The van der Waals surface area contributed by atoms with Crippen LogP contribution in [0.3, 0.4) is 0 Å². The maximum atomic E-state index is 9.76. The Morgan fingerprint density at radius 2 is 2.41 bits per heavy atom. The van der Waals surface area contributed by atoms with Gasteiger partial charge in [0.05, 0.1) is 6.10 Å². The summed E-state index contributed by atoms with van der Waals surface area (Å²) >= 11 is 0. The Labute approximate surface area is 98.0 Å². The molecule has 2 aromatic rings. The lowest BCUT2D eigenvalue weighted by molar-refractivity contribution is 0.180. The number of aliphatic hydroxyl groups is 1. The van der Waals surface area contributed by atoms with Crippen LogP contribution in [0.1, 0.15) is 29.5 Å². The summed E-state index contributed by atoms with van der Waals surface area (Å²) in [6.45, 7) is 0.281. The highest BCUT2D eigenvalue weighted by molar-refractivity contribution is 5.44. The summed E-state index contributed by atoms with van der Waals surface area (Å²) in [5.74, 6) is 1.31. The molecule has 3 rings (SSSR count). The lowest BCUT2D eigenvalue weighted by Crippen LogP contribution is -2.00. The van der Waals surface area contributed by atoms with E-state index in [1.165, 1.54) is 6.39 Å². The average molecular weight is 232 g/mol. The lowest BCUT2D eigenvalue weighted by Gasteiger charge is -2.09. The number of ether oxygens (including phenoxy) is 1. The van der Waals surface area contributed by atoms with Crippen molar-refractivity contribution in [3.8, 4) is 5.75 Å². The Kier molecular flexibility index (Phi) is 2.53. The monoisotopic (exact) mass is 232 g/mol. The number of aromatic nitrogens is 2. The summed E-state index contributed by atoms with van der Waals surface area (Å²) < 4.78 is 10.3. The van der Waals surface area contributed by atoms with Gasteiger partial charge in [-0.1, -0.05) is 17.3 Å². The van der Waals surface area contributed by atoms with Crippen LogP contribution < -0.4 is 4.74 Å². The second-order valence-electron chi connectivity index (χ2n) is 4.01. The minimum absolute atomic E-state index is 0.281. The number of nitrogens with zero attached hydrogens (tertiary/aromatic N) is 2. The highest BCUT2D eigenvalue weighted by Crippen LogP contribution is 2.36. The van der Waals surface area contributed by atoms with Crippen molar-refractivity contribution in [2.45, 2.75) is 25.6 Å². The molecule has 0 saturated heterocycles. The summed E-state index contributed by atoms with van der Waals surface area (Å²) in [6, 6.07) is 5.73. The second-order valence-corrected chi connectivity index (χ2v) is 4.01. The van der Waals surface area contributed by atoms with Gasteiger partial charge in [0.15, 0.2) is 6.61 Å². The Morgan fingerprint density at radius 3 is 3.24 bits per heavy atom. The molecule has 5 nitrogen and oxygen atoms in total. The fourth-order valence-electron chi connectivity index (χ4n) is 2.13. The zero-order valence-corrected chi connectivity index (χ0v) is 9.17. The molecule has 0 spiro atoms. The second kappa shape index (κ2) is 4.18. The molecule has 17 heavy (non-hydrogen) atoms. The van der Waals surface area contributed by atoms with E-state index in [0.29, 0.717) is 5.82 Å². The number of aliphatic hydroxyl groups excluding tert-OH is 1. The van der Waals surface area contributed by atoms with Crippen molar-refractivity contribution in [3.63, 3.8) is 0 Å². The van der Waals surface area contributed by atoms with Crippen molar-refractivity contribution >= 4 is 0 Å². The third kappa shape index (κ3) is 1.89. The van der Waals surface area contributed by atoms with E-state index in [1.807, 2.05) is 18.2 Å². The van der Waals surface area contributed by atoms with Crippen molar-refractivity contribution < 1.29 is 14.4 Å². The third-order valence-corrected chi connectivity index (χ3v) is 2.96. The van der Waals surface area contributed by atoms with Crippen LogP contribution in [0.25, 0.3) is 0 Å². The first kappa shape index (κ1) is 10.3. The molecule has 1 unspecified atom stereocenters. The molecule has 88 valence electrons. The molecule has 5 heteroatoms. The zero-order valence-electron chi connectivity index (χ0n) is 9.17. The van der Waals surface area contributed by atoms with E-state index in [2.05, 4.69) is 14.7 Å². The summed E-state index contributed by atoms with van der Waals surface area (Å²) in [4.78, 5) is 3.89. The zero-order chi connectivity index (χ0) is 11.7. The minimum Gasteiger partial charge on any atom is -0.485 e. The summed E-state index contributed by atoms with van der Waals surface area (Å²) in [6.07, 6.45) is 2.52. The van der Waals surface area contributed by atoms with Gasteiger partial charge in [-0.05, 0) is 24.5 Å². The Bertz CT molecular complexity index is 510. The Balaban J connectivity index is 1.80. The van der Waals surface area contributed by atoms with Gasteiger partial charge in [-0.2, -0.15) is 4.98 Å². The molecule has 1 aliphatic rings.